The summed E-state index contributed by atoms with van der Waals surface area (Å²) in [6.07, 6.45) is 0.466. The molecule has 1 N–H and O–H groups in total. The first-order valence-electron chi connectivity index (χ1n) is 9.80. The molecule has 2 amide bonds. The Hall–Kier alpha value is -1.11. The van der Waals surface area contributed by atoms with Crippen molar-refractivity contribution in [3.63, 3.8) is 0 Å². The fourth-order valence-corrected chi connectivity index (χ4v) is 5.02. The van der Waals surface area contributed by atoms with Gasteiger partial charge in [-0.25, -0.2) is 0 Å². The van der Waals surface area contributed by atoms with E-state index in [0.717, 1.165) is 5.56 Å². The predicted octanol–water partition coefficient (Wildman–Crippen LogP) is 6.48. The van der Waals surface area contributed by atoms with E-state index in [1.54, 1.807) is 35.2 Å². The summed E-state index contributed by atoms with van der Waals surface area (Å²) in [6, 6.07) is 9.83. The number of thioether (sulfide) groups is 1. The van der Waals surface area contributed by atoms with Crippen LogP contribution in [0.3, 0.4) is 0 Å². The molecule has 2 aromatic carbocycles. The fraction of sp³-hybridized carbons (Fsp3) is 0.364. The maximum Gasteiger partial charge on any atom is 0.242 e. The average Bonchev–Trinajstić information content (AvgIpc) is 2.71. The lowest BCUT2D eigenvalue weighted by atomic mass is 10.1. The Bertz CT molecular complexity index is 906. The zero-order valence-electron chi connectivity index (χ0n) is 17.3. The van der Waals surface area contributed by atoms with Gasteiger partial charge >= 0.3 is 0 Å². The minimum absolute atomic E-state index is 0.148. The molecule has 1 atom stereocenters. The summed E-state index contributed by atoms with van der Waals surface area (Å²) >= 11 is 26.2. The smallest absolute Gasteiger partial charge is 0.242 e. The second kappa shape index (κ2) is 12.8. The molecule has 1 unspecified atom stereocenters. The summed E-state index contributed by atoms with van der Waals surface area (Å²) in [5, 5.41) is 4.83. The quantitative estimate of drug-likeness (QED) is 0.389. The van der Waals surface area contributed by atoms with Crippen LogP contribution in [0, 0.1) is 0 Å². The number of nitrogens with zero attached hydrogens (tertiary/aromatic N) is 1. The van der Waals surface area contributed by atoms with Crippen molar-refractivity contribution < 1.29 is 9.59 Å². The summed E-state index contributed by atoms with van der Waals surface area (Å²) in [5.41, 5.74) is 1.51. The highest BCUT2D eigenvalue weighted by Crippen LogP contribution is 2.28. The van der Waals surface area contributed by atoms with Crippen molar-refractivity contribution in [2.45, 2.75) is 38.6 Å². The molecule has 0 aromatic heterocycles. The number of likely N-dealkylation sites (N-methyl/N-ethyl adjacent to an activating group) is 1. The molecule has 0 saturated carbocycles. The monoisotopic (exact) mass is 520 g/mol. The third-order valence-corrected chi connectivity index (χ3v) is 6.89. The van der Waals surface area contributed by atoms with Crippen molar-refractivity contribution in [2.24, 2.45) is 0 Å². The summed E-state index contributed by atoms with van der Waals surface area (Å²) in [7, 11) is 0. The number of nitrogens with one attached hydrogen (secondary N) is 1. The van der Waals surface area contributed by atoms with Gasteiger partial charge in [0.2, 0.25) is 11.8 Å². The van der Waals surface area contributed by atoms with Crippen molar-refractivity contribution in [1.82, 2.24) is 10.2 Å². The topological polar surface area (TPSA) is 49.4 Å². The molecule has 31 heavy (non-hydrogen) atoms. The maximum absolute atomic E-state index is 13.2. The average molecular weight is 522 g/mol. The second-order valence-electron chi connectivity index (χ2n) is 6.77. The molecule has 0 spiro atoms. The van der Waals surface area contributed by atoms with E-state index in [1.807, 2.05) is 19.9 Å². The van der Waals surface area contributed by atoms with Crippen LogP contribution in [0.2, 0.25) is 20.1 Å². The molecule has 0 aliphatic rings. The first-order chi connectivity index (χ1) is 14.8. The molecule has 0 aliphatic carbocycles. The van der Waals surface area contributed by atoms with Crippen molar-refractivity contribution in [1.29, 1.82) is 0 Å². The van der Waals surface area contributed by atoms with Crippen molar-refractivity contribution in [3.8, 4) is 0 Å². The lowest BCUT2D eigenvalue weighted by molar-refractivity contribution is -0.139. The zero-order valence-corrected chi connectivity index (χ0v) is 21.1. The second-order valence-corrected chi connectivity index (χ2v) is 9.41. The van der Waals surface area contributed by atoms with E-state index < -0.39 is 6.04 Å². The van der Waals surface area contributed by atoms with Crippen LogP contribution in [-0.2, 0) is 21.9 Å². The molecular weight excluding hydrogens is 498 g/mol. The number of rotatable bonds is 10. The van der Waals surface area contributed by atoms with E-state index in [2.05, 4.69) is 5.32 Å². The number of halogens is 4. The molecule has 168 valence electrons. The number of hydrogen-bond donors (Lipinski definition) is 1. The van der Waals surface area contributed by atoms with Gasteiger partial charge in [-0.1, -0.05) is 65.5 Å². The lowest BCUT2D eigenvalue weighted by Gasteiger charge is -2.31. The fourth-order valence-electron chi connectivity index (χ4n) is 3.04. The third kappa shape index (κ3) is 7.47. The van der Waals surface area contributed by atoms with Crippen LogP contribution in [-0.4, -0.2) is 35.1 Å². The minimum Gasteiger partial charge on any atom is -0.355 e. The van der Waals surface area contributed by atoms with Gasteiger partial charge in [0.25, 0.3) is 0 Å². The Kier molecular flexibility index (Phi) is 10.8. The number of benzene rings is 2. The summed E-state index contributed by atoms with van der Waals surface area (Å²) < 4.78 is 0. The molecule has 0 fully saturated rings. The highest BCUT2D eigenvalue weighted by atomic mass is 35.5. The van der Waals surface area contributed by atoms with Crippen LogP contribution in [0.5, 0.6) is 0 Å². The summed E-state index contributed by atoms with van der Waals surface area (Å²) in [6.45, 7) is 4.34. The van der Waals surface area contributed by atoms with Gasteiger partial charge in [0.1, 0.15) is 6.04 Å². The van der Waals surface area contributed by atoms with Crippen LogP contribution >= 0.6 is 58.2 Å². The maximum atomic E-state index is 13.2. The molecule has 0 saturated heterocycles. The van der Waals surface area contributed by atoms with Crippen molar-refractivity contribution in [3.05, 3.63) is 67.6 Å². The predicted molar refractivity (Wildman–Crippen MR) is 132 cm³/mol. The van der Waals surface area contributed by atoms with Crippen LogP contribution in [0.4, 0.5) is 0 Å². The Balaban J connectivity index is 2.19. The van der Waals surface area contributed by atoms with Gasteiger partial charge in [-0.15, -0.1) is 11.8 Å². The van der Waals surface area contributed by atoms with E-state index in [1.165, 1.54) is 11.8 Å². The molecule has 9 heteroatoms. The van der Waals surface area contributed by atoms with E-state index in [4.69, 9.17) is 46.4 Å². The Labute approximate surface area is 207 Å². The number of carbonyl (C=O) groups excluding carboxylic acids is 2. The van der Waals surface area contributed by atoms with E-state index in [-0.39, 0.29) is 24.1 Å². The highest BCUT2D eigenvalue weighted by Gasteiger charge is 2.29. The van der Waals surface area contributed by atoms with Crippen LogP contribution in [0.15, 0.2) is 36.4 Å². The highest BCUT2D eigenvalue weighted by molar-refractivity contribution is 7.99. The molecule has 0 heterocycles. The van der Waals surface area contributed by atoms with E-state index in [0.29, 0.717) is 44.4 Å². The van der Waals surface area contributed by atoms with Gasteiger partial charge in [-0.05, 0) is 43.2 Å². The van der Waals surface area contributed by atoms with E-state index in [9.17, 15) is 9.59 Å². The Morgan fingerprint density at radius 2 is 1.71 bits per heavy atom. The van der Waals surface area contributed by atoms with Crippen LogP contribution in [0.1, 0.15) is 31.4 Å². The van der Waals surface area contributed by atoms with Gasteiger partial charge in [-0.2, -0.15) is 0 Å². The largest absolute Gasteiger partial charge is 0.355 e. The first kappa shape index (κ1) is 26.1. The number of carbonyl (C=O) groups is 2. The zero-order chi connectivity index (χ0) is 23.0. The standard InChI is InChI=1S/C22H24Cl4N2O2S/c1-3-20(22(30)27-4-2)28(11-16-17(24)6-5-7-18(16)25)21(29)13-31-12-14-8-9-15(23)10-19(14)26/h5-10,20H,3-4,11-13H2,1-2H3,(H,27,30). The van der Waals surface area contributed by atoms with Gasteiger partial charge in [0.05, 0.1) is 5.75 Å². The lowest BCUT2D eigenvalue weighted by Crippen LogP contribution is -2.49. The van der Waals surface area contributed by atoms with Gasteiger partial charge in [0.15, 0.2) is 0 Å². The van der Waals surface area contributed by atoms with E-state index >= 15 is 0 Å². The molecule has 2 rings (SSSR count). The third-order valence-electron chi connectivity index (χ3n) is 4.63. The number of amides is 2. The van der Waals surface area contributed by atoms with Crippen LogP contribution in [0.25, 0.3) is 0 Å². The SMILES string of the molecule is CCNC(=O)C(CC)N(Cc1c(Cl)cccc1Cl)C(=O)CSCc1ccc(Cl)cc1Cl. The Morgan fingerprint density at radius 3 is 2.29 bits per heavy atom. The molecule has 2 aromatic rings. The van der Waals surface area contributed by atoms with Crippen molar-refractivity contribution >= 4 is 70.0 Å². The first-order valence-corrected chi connectivity index (χ1v) is 12.5. The van der Waals surface area contributed by atoms with Crippen LogP contribution < -0.4 is 5.32 Å². The summed E-state index contributed by atoms with van der Waals surface area (Å²) in [4.78, 5) is 27.4. The number of hydrogen-bond acceptors (Lipinski definition) is 3. The minimum atomic E-state index is -0.625. The molecular formula is C22H24Cl4N2O2S. The molecule has 0 radical (unpaired) electrons. The molecule has 0 bridgehead atoms. The van der Waals surface area contributed by atoms with Crippen molar-refractivity contribution in [2.75, 3.05) is 12.3 Å². The molecule has 4 nitrogen and oxygen atoms in total. The van der Waals surface area contributed by atoms with Gasteiger partial charge in [-0.3, -0.25) is 9.59 Å². The molecule has 0 aliphatic heterocycles. The normalized spacial score (nSPS) is 11.8. The Morgan fingerprint density at radius 1 is 1.03 bits per heavy atom. The van der Waals surface area contributed by atoms with Gasteiger partial charge in [0, 0.05) is 44.5 Å². The van der Waals surface area contributed by atoms with Gasteiger partial charge < -0.3 is 10.2 Å². The summed E-state index contributed by atoms with van der Waals surface area (Å²) in [5.74, 6) is 0.341.